The molecule has 2 aromatic carbocycles. The zero-order valence-electron chi connectivity index (χ0n) is 19.8. The van der Waals surface area contributed by atoms with Gasteiger partial charge in [-0.15, -0.1) is 0 Å². The van der Waals surface area contributed by atoms with Crippen molar-refractivity contribution in [2.24, 2.45) is 17.8 Å². The SMILES string of the molecule is CC(C)=CC[C@@]12OC[C@@H]3[C@@H](COCc4ccccc4)[C@@H](C=C4C(=O)c5c(O)cccc5O[C@]431)C2=O. The average molecular weight is 473 g/mol. The van der Waals surface area contributed by atoms with E-state index in [1.165, 1.54) is 6.07 Å². The number of carbonyl (C=O) groups is 2. The van der Waals surface area contributed by atoms with Gasteiger partial charge in [0.1, 0.15) is 17.1 Å². The highest BCUT2D eigenvalue weighted by atomic mass is 16.6. The Morgan fingerprint density at radius 1 is 1.14 bits per heavy atom. The van der Waals surface area contributed by atoms with Gasteiger partial charge in [0.15, 0.2) is 22.8 Å². The molecule has 180 valence electrons. The topological polar surface area (TPSA) is 82.1 Å². The number of aromatic hydroxyl groups is 1. The van der Waals surface area contributed by atoms with Crippen molar-refractivity contribution in [1.82, 2.24) is 0 Å². The Morgan fingerprint density at radius 2 is 1.94 bits per heavy atom. The van der Waals surface area contributed by atoms with Crippen LogP contribution in [-0.4, -0.2) is 41.1 Å². The van der Waals surface area contributed by atoms with E-state index in [2.05, 4.69) is 0 Å². The van der Waals surface area contributed by atoms with E-state index < -0.39 is 17.1 Å². The third-order valence-electron chi connectivity index (χ3n) is 8.02. The molecule has 1 saturated carbocycles. The molecule has 1 saturated heterocycles. The van der Waals surface area contributed by atoms with E-state index in [4.69, 9.17) is 14.2 Å². The first kappa shape index (κ1) is 22.3. The van der Waals surface area contributed by atoms with Gasteiger partial charge in [0, 0.05) is 29.7 Å². The minimum absolute atomic E-state index is 0.0581. The van der Waals surface area contributed by atoms with Crippen molar-refractivity contribution >= 4 is 11.6 Å². The van der Waals surface area contributed by atoms with E-state index in [1.54, 1.807) is 18.2 Å². The first-order chi connectivity index (χ1) is 16.9. The van der Waals surface area contributed by atoms with E-state index in [0.29, 0.717) is 37.6 Å². The van der Waals surface area contributed by atoms with Crippen LogP contribution in [0.25, 0.3) is 0 Å². The number of hydrogen-bond acceptors (Lipinski definition) is 6. The molecule has 1 spiro atoms. The van der Waals surface area contributed by atoms with Crippen LogP contribution < -0.4 is 4.74 Å². The summed E-state index contributed by atoms with van der Waals surface area (Å²) in [4.78, 5) is 27.8. The summed E-state index contributed by atoms with van der Waals surface area (Å²) in [6, 6.07) is 14.7. The van der Waals surface area contributed by atoms with Crippen LogP contribution in [0.2, 0.25) is 0 Å². The Balaban J connectivity index is 1.43. The molecule has 6 heteroatoms. The van der Waals surface area contributed by atoms with Crippen molar-refractivity contribution in [3.63, 3.8) is 0 Å². The number of carbonyl (C=O) groups excluding carboxylic acids is 2. The highest BCUT2D eigenvalue weighted by molar-refractivity contribution is 6.18. The van der Waals surface area contributed by atoms with E-state index >= 15 is 0 Å². The summed E-state index contributed by atoms with van der Waals surface area (Å²) >= 11 is 0. The summed E-state index contributed by atoms with van der Waals surface area (Å²) in [5, 5.41) is 10.4. The third-order valence-corrected chi connectivity index (χ3v) is 8.02. The molecule has 0 aromatic heterocycles. The first-order valence-corrected chi connectivity index (χ1v) is 12.1. The summed E-state index contributed by atoms with van der Waals surface area (Å²) < 4.78 is 19.2. The van der Waals surface area contributed by atoms with E-state index in [0.717, 1.165) is 11.1 Å². The van der Waals surface area contributed by atoms with Gasteiger partial charge in [0.25, 0.3) is 0 Å². The molecule has 6 nitrogen and oxygen atoms in total. The summed E-state index contributed by atoms with van der Waals surface area (Å²) in [6.07, 6.45) is 4.08. The summed E-state index contributed by atoms with van der Waals surface area (Å²) in [7, 11) is 0. The molecule has 2 aromatic rings. The lowest BCUT2D eigenvalue weighted by Crippen LogP contribution is -2.74. The van der Waals surface area contributed by atoms with E-state index in [1.807, 2.05) is 50.3 Å². The van der Waals surface area contributed by atoms with Crippen molar-refractivity contribution < 1.29 is 28.9 Å². The molecule has 2 fully saturated rings. The molecule has 2 heterocycles. The van der Waals surface area contributed by atoms with Crippen molar-refractivity contribution in [1.29, 1.82) is 0 Å². The Morgan fingerprint density at radius 3 is 2.71 bits per heavy atom. The van der Waals surface area contributed by atoms with Gasteiger partial charge in [0.05, 0.1) is 19.8 Å². The first-order valence-electron chi connectivity index (χ1n) is 12.1. The van der Waals surface area contributed by atoms with Crippen LogP contribution in [0, 0.1) is 17.8 Å². The summed E-state index contributed by atoms with van der Waals surface area (Å²) in [5.41, 5.74) is 0.175. The van der Waals surface area contributed by atoms with Gasteiger partial charge in [-0.1, -0.05) is 54.1 Å². The van der Waals surface area contributed by atoms with Gasteiger partial charge in [-0.2, -0.15) is 0 Å². The molecule has 0 amide bonds. The fraction of sp³-hybridized carbons (Fsp3) is 0.379. The summed E-state index contributed by atoms with van der Waals surface area (Å²) in [6.45, 7) is 5.05. The number of hydrogen-bond donors (Lipinski definition) is 1. The Hall–Kier alpha value is -3.22. The Bertz CT molecular complexity index is 1270. The number of phenols is 1. The van der Waals surface area contributed by atoms with Gasteiger partial charge in [0.2, 0.25) is 0 Å². The second-order valence-electron chi connectivity index (χ2n) is 10.2. The zero-order valence-corrected chi connectivity index (χ0v) is 19.8. The summed E-state index contributed by atoms with van der Waals surface area (Å²) in [5.74, 6) is -1.10. The van der Waals surface area contributed by atoms with Crippen molar-refractivity contribution in [3.8, 4) is 11.5 Å². The predicted octanol–water partition coefficient (Wildman–Crippen LogP) is 4.42. The lowest BCUT2D eigenvalue weighted by molar-refractivity contribution is -0.173. The molecule has 7 rings (SSSR count). The van der Waals surface area contributed by atoms with Crippen LogP contribution in [0.4, 0.5) is 0 Å². The second kappa shape index (κ2) is 7.90. The number of ether oxygens (including phenoxy) is 3. The minimum atomic E-state index is -1.28. The molecule has 4 bridgehead atoms. The lowest BCUT2D eigenvalue weighted by atomic mass is 9.49. The highest BCUT2D eigenvalue weighted by Crippen LogP contribution is 2.65. The van der Waals surface area contributed by atoms with Crippen molar-refractivity contribution in [2.45, 2.75) is 38.1 Å². The van der Waals surface area contributed by atoms with Crippen LogP contribution in [0.15, 0.2) is 71.8 Å². The van der Waals surface area contributed by atoms with Crippen molar-refractivity contribution in [2.75, 3.05) is 13.2 Å². The molecule has 5 aliphatic rings. The highest BCUT2D eigenvalue weighted by Gasteiger charge is 2.79. The van der Waals surface area contributed by atoms with E-state index in [-0.39, 0.29) is 34.7 Å². The van der Waals surface area contributed by atoms with Gasteiger partial charge in [-0.05, 0) is 31.5 Å². The molecule has 5 atom stereocenters. The van der Waals surface area contributed by atoms with Crippen LogP contribution in [0.3, 0.4) is 0 Å². The number of fused-ring (bicyclic) bond motifs is 1. The van der Waals surface area contributed by atoms with Crippen molar-refractivity contribution in [3.05, 3.63) is 83.0 Å². The monoisotopic (exact) mass is 472 g/mol. The largest absolute Gasteiger partial charge is 0.507 e. The lowest BCUT2D eigenvalue weighted by Gasteiger charge is -2.58. The number of allylic oxidation sites excluding steroid dienone is 2. The molecule has 3 aliphatic carbocycles. The van der Waals surface area contributed by atoms with Crippen LogP contribution in [0.5, 0.6) is 11.5 Å². The van der Waals surface area contributed by atoms with Gasteiger partial charge in [-0.3, -0.25) is 9.59 Å². The van der Waals surface area contributed by atoms with Gasteiger partial charge >= 0.3 is 0 Å². The fourth-order valence-corrected chi connectivity index (χ4v) is 6.43. The van der Waals surface area contributed by atoms with Crippen LogP contribution in [-0.2, 0) is 20.9 Å². The Labute approximate surface area is 204 Å². The maximum Gasteiger partial charge on any atom is 0.200 e. The number of benzene rings is 2. The maximum absolute atomic E-state index is 14.1. The van der Waals surface area contributed by atoms with Gasteiger partial charge in [-0.25, -0.2) is 0 Å². The zero-order chi connectivity index (χ0) is 24.4. The molecule has 0 radical (unpaired) electrons. The molecular weight excluding hydrogens is 444 g/mol. The van der Waals surface area contributed by atoms with Crippen LogP contribution >= 0.6 is 0 Å². The fourth-order valence-electron chi connectivity index (χ4n) is 6.43. The second-order valence-corrected chi connectivity index (χ2v) is 10.2. The normalized spacial score (nSPS) is 31.9. The molecular formula is C29H28O6. The average Bonchev–Trinajstić information content (AvgIpc) is 3.13. The smallest absolute Gasteiger partial charge is 0.200 e. The quantitative estimate of drug-likeness (QED) is 0.627. The standard InChI is InChI=1S/C29H28O6/c1-17(2)11-12-28-27(32)19-13-21-26(31)25-23(30)9-6-10-24(25)35-29(21,28)22(16-34-28)20(19)15-33-14-18-7-4-3-5-8-18/h3-11,13,19-20,22,30H,12,14-16H2,1-2H3/t19-,20+,22-,28+,29-/m1/s1. The number of rotatable bonds is 6. The Kier molecular flexibility index (Phi) is 5.02. The van der Waals surface area contributed by atoms with Gasteiger partial charge < -0.3 is 19.3 Å². The molecule has 1 N–H and O–H groups in total. The molecule has 35 heavy (non-hydrogen) atoms. The predicted molar refractivity (Wildman–Crippen MR) is 128 cm³/mol. The van der Waals surface area contributed by atoms with E-state index in [9.17, 15) is 14.7 Å². The number of Topliss-reactive ketones (excluding diaryl/α,β-unsaturated/α-hetero) is 2. The minimum Gasteiger partial charge on any atom is -0.507 e. The number of phenolic OH excluding ortho intramolecular Hbond substituents is 1. The molecule has 2 aliphatic heterocycles. The third kappa shape index (κ3) is 2.96. The number of ketones is 2. The molecule has 0 unspecified atom stereocenters. The maximum atomic E-state index is 14.1. The van der Waals surface area contributed by atoms with Crippen LogP contribution in [0.1, 0.15) is 36.2 Å².